The van der Waals surface area contributed by atoms with Crippen molar-refractivity contribution in [3.05, 3.63) is 0 Å². The maximum Gasteiger partial charge on any atom is 0.0552 e. The number of nitrogens with zero attached hydrogens (tertiary/aromatic N) is 1. The van der Waals surface area contributed by atoms with Crippen LogP contribution >= 0.6 is 15.9 Å². The maximum atomic E-state index is 9.60. The molecule has 1 saturated heterocycles. The van der Waals surface area contributed by atoms with Gasteiger partial charge < -0.3 is 10.0 Å². The summed E-state index contributed by atoms with van der Waals surface area (Å²) < 4.78 is 0. The number of likely N-dealkylation sites (tertiary alicyclic amines) is 1. The predicted molar refractivity (Wildman–Crippen MR) is 73.0 cm³/mol. The molecular weight excluding hydrogens is 266 g/mol. The van der Waals surface area contributed by atoms with Gasteiger partial charge in [0.25, 0.3) is 0 Å². The van der Waals surface area contributed by atoms with Gasteiger partial charge in [0.1, 0.15) is 0 Å². The fourth-order valence-corrected chi connectivity index (χ4v) is 3.55. The van der Waals surface area contributed by atoms with Crippen molar-refractivity contribution in [1.29, 1.82) is 0 Å². The fraction of sp³-hybridized carbons (Fsp3) is 1.00. The van der Waals surface area contributed by atoms with E-state index < -0.39 is 0 Å². The number of aliphatic hydroxyl groups excluding tert-OH is 1. The second-order valence-corrected chi connectivity index (χ2v) is 5.93. The van der Waals surface area contributed by atoms with Crippen molar-refractivity contribution >= 4 is 15.9 Å². The van der Waals surface area contributed by atoms with E-state index in [1.165, 1.54) is 19.4 Å². The van der Waals surface area contributed by atoms with E-state index in [4.69, 9.17) is 0 Å². The number of aliphatic hydroxyl groups is 1. The minimum Gasteiger partial charge on any atom is -0.393 e. The Hall–Kier alpha value is 0.400. The van der Waals surface area contributed by atoms with Crippen molar-refractivity contribution in [2.75, 3.05) is 25.0 Å². The summed E-state index contributed by atoms with van der Waals surface area (Å²) in [5, 5.41) is 10.7. The Morgan fingerprint density at radius 1 is 1.44 bits per heavy atom. The zero-order chi connectivity index (χ0) is 12.2. The Kier molecular flexibility index (Phi) is 5.75. The highest BCUT2D eigenvalue weighted by Crippen LogP contribution is 2.32. The van der Waals surface area contributed by atoms with Crippen LogP contribution in [0.15, 0.2) is 0 Å². The molecule has 1 aliphatic rings. The minimum absolute atomic E-state index is 0.147. The molecule has 16 heavy (non-hydrogen) atoms. The summed E-state index contributed by atoms with van der Waals surface area (Å²) in [5.74, 6) is 0.488. The third-order valence-corrected chi connectivity index (χ3v) is 5.52. The quantitative estimate of drug-likeness (QED) is 0.761. The normalized spacial score (nSPS) is 24.9. The van der Waals surface area contributed by atoms with Gasteiger partial charge >= 0.3 is 0 Å². The molecule has 2 unspecified atom stereocenters. The van der Waals surface area contributed by atoms with Crippen molar-refractivity contribution in [3.8, 4) is 0 Å². The molecule has 2 atom stereocenters. The van der Waals surface area contributed by atoms with Crippen molar-refractivity contribution in [2.24, 2.45) is 11.3 Å². The summed E-state index contributed by atoms with van der Waals surface area (Å²) in [5.41, 5.74) is 0.424. The van der Waals surface area contributed by atoms with Gasteiger partial charge in [0, 0.05) is 18.4 Å². The van der Waals surface area contributed by atoms with E-state index in [9.17, 15) is 5.11 Å². The lowest BCUT2D eigenvalue weighted by Crippen LogP contribution is -2.37. The van der Waals surface area contributed by atoms with Gasteiger partial charge in [-0.15, -0.1) is 0 Å². The number of hydrogen-bond donors (Lipinski definition) is 1. The average molecular weight is 292 g/mol. The van der Waals surface area contributed by atoms with Crippen LogP contribution in [-0.2, 0) is 0 Å². The molecule has 1 fully saturated rings. The summed E-state index contributed by atoms with van der Waals surface area (Å²) in [6.45, 7) is 9.90. The molecular formula is C13H26BrNO. The molecule has 1 rings (SSSR count). The molecule has 2 nitrogen and oxygen atoms in total. The molecule has 0 spiro atoms. The van der Waals surface area contributed by atoms with Crippen molar-refractivity contribution in [2.45, 2.75) is 46.1 Å². The number of alkyl halides is 1. The molecule has 0 amide bonds. The van der Waals surface area contributed by atoms with E-state index >= 15 is 0 Å². The highest BCUT2D eigenvalue weighted by atomic mass is 79.9. The first-order chi connectivity index (χ1) is 7.56. The van der Waals surface area contributed by atoms with Gasteiger partial charge in [-0.2, -0.15) is 0 Å². The molecule has 1 N–H and O–H groups in total. The summed E-state index contributed by atoms with van der Waals surface area (Å²) >= 11 is 3.67. The van der Waals surface area contributed by atoms with Crippen LogP contribution in [-0.4, -0.2) is 41.1 Å². The van der Waals surface area contributed by atoms with Crippen LogP contribution in [0.2, 0.25) is 0 Å². The molecule has 0 aliphatic carbocycles. The molecule has 1 heterocycles. The molecule has 0 radical (unpaired) electrons. The second-order valence-electron chi connectivity index (χ2n) is 5.37. The topological polar surface area (TPSA) is 23.5 Å². The first-order valence-electron chi connectivity index (χ1n) is 6.53. The van der Waals surface area contributed by atoms with Crippen molar-refractivity contribution < 1.29 is 5.11 Å². The Balaban J connectivity index is 2.48. The molecule has 0 saturated carbocycles. The fourth-order valence-electron chi connectivity index (χ4n) is 2.58. The van der Waals surface area contributed by atoms with Crippen LogP contribution in [0.4, 0.5) is 0 Å². The van der Waals surface area contributed by atoms with Gasteiger partial charge in [-0.25, -0.2) is 0 Å². The third kappa shape index (κ3) is 3.44. The van der Waals surface area contributed by atoms with Crippen LogP contribution in [0, 0.1) is 11.3 Å². The molecule has 0 aromatic carbocycles. The van der Waals surface area contributed by atoms with Crippen LogP contribution in [0.25, 0.3) is 0 Å². The van der Waals surface area contributed by atoms with Gasteiger partial charge in [-0.05, 0) is 44.1 Å². The van der Waals surface area contributed by atoms with E-state index in [0.717, 1.165) is 24.8 Å². The number of hydrogen-bond acceptors (Lipinski definition) is 2. The lowest BCUT2D eigenvalue weighted by Gasteiger charge is -2.34. The van der Waals surface area contributed by atoms with Gasteiger partial charge in [-0.1, -0.05) is 29.8 Å². The van der Waals surface area contributed by atoms with Gasteiger partial charge in [0.2, 0.25) is 0 Å². The van der Waals surface area contributed by atoms with Crippen molar-refractivity contribution in [3.63, 3.8) is 0 Å². The number of rotatable bonds is 6. The highest BCUT2D eigenvalue weighted by Gasteiger charge is 2.32. The highest BCUT2D eigenvalue weighted by molar-refractivity contribution is 9.09. The van der Waals surface area contributed by atoms with Gasteiger partial charge in [0.05, 0.1) is 6.10 Å². The first-order valence-corrected chi connectivity index (χ1v) is 7.65. The Morgan fingerprint density at radius 2 is 2.06 bits per heavy atom. The van der Waals surface area contributed by atoms with Crippen LogP contribution in [0.1, 0.15) is 40.0 Å². The molecule has 1 aliphatic heterocycles. The van der Waals surface area contributed by atoms with Crippen LogP contribution in [0.3, 0.4) is 0 Å². The van der Waals surface area contributed by atoms with E-state index in [0.29, 0.717) is 11.3 Å². The van der Waals surface area contributed by atoms with Crippen LogP contribution < -0.4 is 0 Å². The number of halogens is 1. The maximum absolute atomic E-state index is 9.60. The molecule has 0 bridgehead atoms. The van der Waals surface area contributed by atoms with E-state index in [-0.39, 0.29) is 6.10 Å². The lowest BCUT2D eigenvalue weighted by atomic mass is 9.84. The SMILES string of the molecule is CCC(CC)(CBr)CN1CCC(C(C)O)C1. The smallest absolute Gasteiger partial charge is 0.0552 e. The van der Waals surface area contributed by atoms with E-state index in [1.807, 2.05) is 6.92 Å². The molecule has 3 heteroatoms. The Morgan fingerprint density at radius 3 is 2.44 bits per heavy atom. The zero-order valence-electron chi connectivity index (χ0n) is 10.9. The second kappa shape index (κ2) is 6.36. The van der Waals surface area contributed by atoms with Crippen molar-refractivity contribution in [1.82, 2.24) is 4.90 Å². The molecule has 0 aromatic rings. The Labute approximate surface area is 109 Å². The van der Waals surface area contributed by atoms with E-state index in [1.54, 1.807) is 0 Å². The monoisotopic (exact) mass is 291 g/mol. The van der Waals surface area contributed by atoms with Crippen LogP contribution in [0.5, 0.6) is 0 Å². The zero-order valence-corrected chi connectivity index (χ0v) is 12.5. The predicted octanol–water partition coefficient (Wildman–Crippen LogP) is 2.89. The summed E-state index contributed by atoms with van der Waals surface area (Å²) in [4.78, 5) is 2.53. The summed E-state index contributed by atoms with van der Waals surface area (Å²) in [7, 11) is 0. The first kappa shape index (κ1) is 14.5. The average Bonchev–Trinajstić information content (AvgIpc) is 2.74. The molecule has 0 aromatic heterocycles. The summed E-state index contributed by atoms with van der Waals surface area (Å²) in [6, 6.07) is 0. The van der Waals surface area contributed by atoms with Gasteiger partial charge in [0.15, 0.2) is 0 Å². The molecule has 96 valence electrons. The minimum atomic E-state index is -0.147. The standard InChI is InChI=1S/C13H26BrNO/c1-4-13(5-2,9-14)10-15-7-6-12(8-15)11(3)16/h11-12,16H,4-10H2,1-3H3. The largest absolute Gasteiger partial charge is 0.393 e. The summed E-state index contributed by atoms with van der Waals surface area (Å²) in [6.07, 6.45) is 3.46. The van der Waals surface area contributed by atoms with Gasteiger partial charge in [-0.3, -0.25) is 0 Å². The Bertz CT molecular complexity index is 196. The van der Waals surface area contributed by atoms with E-state index in [2.05, 4.69) is 34.7 Å². The third-order valence-electron chi connectivity index (χ3n) is 4.33. The lowest BCUT2D eigenvalue weighted by molar-refractivity contribution is 0.118.